The van der Waals surface area contributed by atoms with Gasteiger partial charge in [-0.05, 0) is 45.1 Å². The van der Waals surface area contributed by atoms with Crippen LogP contribution in [0.4, 0.5) is 0 Å². The van der Waals surface area contributed by atoms with E-state index in [0.29, 0.717) is 5.69 Å². The first kappa shape index (κ1) is 15.2. The average Bonchev–Trinajstić information content (AvgIpc) is 2.41. The number of allylic oxidation sites excluding steroid dienone is 1. The van der Waals surface area contributed by atoms with Crippen molar-refractivity contribution in [3.63, 3.8) is 0 Å². The smallest absolute Gasteiger partial charge is 0.191 e. The lowest BCUT2D eigenvalue weighted by molar-refractivity contribution is 0.104. The molecule has 0 spiro atoms. The number of nitrogens with zero attached hydrogens (tertiary/aromatic N) is 2. The number of hydrogen-bond acceptors (Lipinski definition) is 4. The second-order valence-corrected chi connectivity index (χ2v) is 5.10. The summed E-state index contributed by atoms with van der Waals surface area (Å²) < 4.78 is 0. The van der Waals surface area contributed by atoms with Gasteiger partial charge >= 0.3 is 0 Å². The van der Waals surface area contributed by atoms with Crippen LogP contribution in [0.5, 0.6) is 5.75 Å². The Morgan fingerprint density at radius 3 is 2.48 bits per heavy atom. The minimum Gasteiger partial charge on any atom is -0.507 e. The van der Waals surface area contributed by atoms with E-state index in [-0.39, 0.29) is 22.1 Å². The summed E-state index contributed by atoms with van der Waals surface area (Å²) >= 11 is 5.94. The number of ketones is 1. The van der Waals surface area contributed by atoms with Gasteiger partial charge in [0, 0.05) is 0 Å². The summed E-state index contributed by atoms with van der Waals surface area (Å²) in [6.45, 7) is 5.58. The minimum absolute atomic E-state index is 0.0878. The topological polar surface area (TPSA) is 63.1 Å². The van der Waals surface area contributed by atoms with Crippen molar-refractivity contribution in [2.75, 3.05) is 0 Å². The van der Waals surface area contributed by atoms with Crippen molar-refractivity contribution in [3.05, 3.63) is 57.6 Å². The Hall–Kier alpha value is -2.20. The van der Waals surface area contributed by atoms with Crippen molar-refractivity contribution in [1.82, 2.24) is 9.97 Å². The van der Waals surface area contributed by atoms with Gasteiger partial charge in [0.25, 0.3) is 0 Å². The summed E-state index contributed by atoms with van der Waals surface area (Å²) in [7, 11) is 0. The first-order valence-electron chi connectivity index (χ1n) is 6.42. The summed E-state index contributed by atoms with van der Waals surface area (Å²) in [6.07, 6.45) is 2.92. The Morgan fingerprint density at radius 2 is 1.81 bits per heavy atom. The van der Waals surface area contributed by atoms with Crippen LogP contribution in [0, 0.1) is 20.8 Å². The summed E-state index contributed by atoms with van der Waals surface area (Å²) in [4.78, 5) is 20.9. The lowest BCUT2D eigenvalue weighted by atomic mass is 10.1. The van der Waals surface area contributed by atoms with Crippen LogP contribution in [0.2, 0.25) is 5.02 Å². The molecule has 108 valence electrons. The number of aromatic nitrogens is 2. The highest BCUT2D eigenvalue weighted by atomic mass is 35.5. The van der Waals surface area contributed by atoms with Crippen LogP contribution in [-0.2, 0) is 0 Å². The van der Waals surface area contributed by atoms with Crippen molar-refractivity contribution in [3.8, 4) is 5.75 Å². The van der Waals surface area contributed by atoms with E-state index < -0.39 is 0 Å². The van der Waals surface area contributed by atoms with Gasteiger partial charge in [0.1, 0.15) is 5.75 Å². The zero-order valence-corrected chi connectivity index (χ0v) is 12.8. The Balaban J connectivity index is 2.34. The minimum atomic E-state index is -0.377. The lowest BCUT2D eigenvalue weighted by Gasteiger charge is -2.05. The normalized spacial score (nSPS) is 11.0. The quantitative estimate of drug-likeness (QED) is 0.694. The number of hydrogen-bond donors (Lipinski definition) is 1. The van der Waals surface area contributed by atoms with E-state index in [2.05, 4.69) is 9.97 Å². The SMILES string of the molecule is Cc1nc(C)c(/C=C/C(=O)c2c(O)cccc2Cl)nc1C. The number of halogens is 1. The molecule has 21 heavy (non-hydrogen) atoms. The monoisotopic (exact) mass is 302 g/mol. The number of rotatable bonds is 3. The zero-order chi connectivity index (χ0) is 15.6. The van der Waals surface area contributed by atoms with Gasteiger partial charge in [-0.3, -0.25) is 9.78 Å². The van der Waals surface area contributed by atoms with E-state index in [1.54, 1.807) is 18.2 Å². The number of benzene rings is 1. The van der Waals surface area contributed by atoms with E-state index in [1.165, 1.54) is 12.1 Å². The van der Waals surface area contributed by atoms with Crippen LogP contribution in [-0.4, -0.2) is 20.9 Å². The zero-order valence-electron chi connectivity index (χ0n) is 12.0. The molecule has 1 heterocycles. The molecule has 0 atom stereocenters. The molecule has 0 saturated carbocycles. The molecule has 0 radical (unpaired) electrons. The molecule has 0 aliphatic carbocycles. The molecule has 2 aromatic rings. The average molecular weight is 303 g/mol. The van der Waals surface area contributed by atoms with E-state index >= 15 is 0 Å². The van der Waals surface area contributed by atoms with Gasteiger partial charge in [-0.25, -0.2) is 4.98 Å². The van der Waals surface area contributed by atoms with Crippen LogP contribution in [0.3, 0.4) is 0 Å². The van der Waals surface area contributed by atoms with Gasteiger partial charge in [-0.2, -0.15) is 0 Å². The fourth-order valence-corrected chi connectivity index (χ4v) is 2.15. The van der Waals surface area contributed by atoms with Gasteiger partial charge < -0.3 is 5.11 Å². The standard InChI is InChI=1S/C16H15ClN2O2/c1-9-10(2)19-13(11(3)18-9)7-8-15(21)16-12(17)5-4-6-14(16)20/h4-8,20H,1-3H3/b8-7+. The third kappa shape index (κ3) is 3.28. The summed E-state index contributed by atoms with van der Waals surface area (Å²) in [5.74, 6) is -0.516. The molecule has 0 saturated heterocycles. The van der Waals surface area contributed by atoms with Crippen molar-refractivity contribution in [2.24, 2.45) is 0 Å². The molecule has 0 fully saturated rings. The fourth-order valence-electron chi connectivity index (χ4n) is 1.88. The number of phenolic OH excluding ortho intramolecular Hbond substituents is 1. The predicted octanol–water partition coefficient (Wildman–Crippen LogP) is 3.66. The first-order valence-corrected chi connectivity index (χ1v) is 6.79. The van der Waals surface area contributed by atoms with Crippen LogP contribution in [0.1, 0.15) is 33.1 Å². The molecule has 4 nitrogen and oxygen atoms in total. The maximum atomic E-state index is 12.1. The predicted molar refractivity (Wildman–Crippen MR) is 82.7 cm³/mol. The maximum absolute atomic E-state index is 12.1. The van der Waals surface area contributed by atoms with Gasteiger partial charge in [-0.1, -0.05) is 17.7 Å². The molecule has 0 aliphatic heterocycles. The Labute approximate surface area is 128 Å². The third-order valence-electron chi connectivity index (χ3n) is 3.15. The van der Waals surface area contributed by atoms with Crippen LogP contribution >= 0.6 is 11.6 Å². The summed E-state index contributed by atoms with van der Waals surface area (Å²) in [6, 6.07) is 4.56. The number of carbonyl (C=O) groups is 1. The van der Waals surface area contributed by atoms with E-state index in [4.69, 9.17) is 11.6 Å². The Morgan fingerprint density at radius 1 is 1.14 bits per heavy atom. The van der Waals surface area contributed by atoms with Gasteiger partial charge in [0.15, 0.2) is 5.78 Å². The van der Waals surface area contributed by atoms with Gasteiger partial charge in [-0.15, -0.1) is 0 Å². The number of carbonyl (C=O) groups excluding carboxylic acids is 1. The molecular formula is C16H15ClN2O2. The van der Waals surface area contributed by atoms with Gasteiger partial charge in [0.2, 0.25) is 0 Å². The number of phenols is 1. The molecule has 0 aliphatic rings. The summed E-state index contributed by atoms with van der Waals surface area (Å²) in [5, 5.41) is 9.94. The molecule has 0 unspecified atom stereocenters. The molecule has 1 aromatic carbocycles. The second-order valence-electron chi connectivity index (χ2n) is 4.70. The third-order valence-corrected chi connectivity index (χ3v) is 3.46. The molecule has 1 aromatic heterocycles. The molecule has 1 N–H and O–H groups in total. The highest BCUT2D eigenvalue weighted by Gasteiger charge is 2.12. The van der Waals surface area contributed by atoms with E-state index in [9.17, 15) is 9.90 Å². The van der Waals surface area contributed by atoms with Crippen molar-refractivity contribution in [2.45, 2.75) is 20.8 Å². The van der Waals surface area contributed by atoms with Crippen molar-refractivity contribution in [1.29, 1.82) is 0 Å². The molecule has 2 rings (SSSR count). The fraction of sp³-hybridized carbons (Fsp3) is 0.188. The number of aromatic hydroxyl groups is 1. The Kier molecular flexibility index (Phi) is 4.38. The van der Waals surface area contributed by atoms with Crippen molar-refractivity contribution < 1.29 is 9.90 Å². The maximum Gasteiger partial charge on any atom is 0.191 e. The number of aryl methyl sites for hydroxylation is 3. The molecule has 0 bridgehead atoms. The largest absolute Gasteiger partial charge is 0.507 e. The van der Waals surface area contributed by atoms with Crippen molar-refractivity contribution >= 4 is 23.5 Å². The first-order chi connectivity index (χ1) is 9.90. The molecular weight excluding hydrogens is 288 g/mol. The molecule has 5 heteroatoms. The van der Waals surface area contributed by atoms with Crippen LogP contribution in [0.15, 0.2) is 24.3 Å². The summed E-state index contributed by atoms with van der Waals surface area (Å²) in [5.41, 5.74) is 3.13. The lowest BCUT2D eigenvalue weighted by Crippen LogP contribution is -2.00. The van der Waals surface area contributed by atoms with E-state index in [0.717, 1.165) is 17.1 Å². The van der Waals surface area contributed by atoms with Crippen LogP contribution < -0.4 is 0 Å². The van der Waals surface area contributed by atoms with E-state index in [1.807, 2.05) is 20.8 Å². The highest BCUT2D eigenvalue weighted by Crippen LogP contribution is 2.26. The van der Waals surface area contributed by atoms with Gasteiger partial charge in [0.05, 0.1) is 33.4 Å². The highest BCUT2D eigenvalue weighted by molar-refractivity contribution is 6.35. The molecule has 0 amide bonds. The second kappa shape index (κ2) is 6.06. The van der Waals surface area contributed by atoms with Crippen LogP contribution in [0.25, 0.3) is 6.08 Å². The Bertz CT molecular complexity index is 719.